The molecule has 238 valence electrons. The lowest BCUT2D eigenvalue weighted by Crippen LogP contribution is -2.41. The maximum absolute atomic E-state index is 12.7. The molecule has 0 saturated heterocycles. The number of benzene rings is 1. The van der Waals surface area contributed by atoms with Gasteiger partial charge >= 0.3 is 24.4 Å². The second-order valence-electron chi connectivity index (χ2n) is 12.0. The van der Waals surface area contributed by atoms with E-state index in [-0.39, 0.29) is 18.1 Å². The monoisotopic (exact) mass is 597 g/mol. The molecule has 0 aromatic heterocycles. The molecule has 0 aliphatic heterocycles. The van der Waals surface area contributed by atoms with Crippen LogP contribution in [0.1, 0.15) is 100.0 Å². The highest BCUT2D eigenvalue weighted by Gasteiger charge is 2.34. The predicted octanol–water partition coefficient (Wildman–Crippen LogP) is 6.57. The summed E-state index contributed by atoms with van der Waals surface area (Å²) in [7, 11) is 0. The van der Waals surface area contributed by atoms with Crippen molar-refractivity contribution in [2.45, 2.75) is 117 Å². The number of carbonyl (C=O) groups is 4. The largest absolute Gasteiger partial charge is 0.514 e. The Morgan fingerprint density at radius 2 is 1.19 bits per heavy atom. The van der Waals surface area contributed by atoms with Gasteiger partial charge in [0.25, 0.3) is 0 Å². The van der Waals surface area contributed by atoms with Gasteiger partial charge in [0.1, 0.15) is 22.8 Å². The third kappa shape index (κ3) is 11.8. The zero-order chi connectivity index (χ0) is 32.5. The van der Waals surface area contributed by atoms with E-state index in [2.05, 4.69) is 0 Å². The third-order valence-corrected chi connectivity index (χ3v) is 7.12. The summed E-state index contributed by atoms with van der Waals surface area (Å²) in [5.74, 6) is -3.26. The second-order valence-corrected chi connectivity index (χ2v) is 12.0. The number of hydrogen-bond donors (Lipinski definition) is 2. The fourth-order valence-corrected chi connectivity index (χ4v) is 3.39. The van der Waals surface area contributed by atoms with E-state index in [1.165, 1.54) is 18.2 Å². The summed E-state index contributed by atoms with van der Waals surface area (Å²) in [5.41, 5.74) is 3.98. The predicted molar refractivity (Wildman–Crippen MR) is 154 cm³/mol. The standard InChI is InChI=1S/C30H47NO11/c1-11-28(5,6)40-25(34)37-17-18(4)22(23(31)24(32)33)19-14-15-20(38-26(35)41-29(7,8)12-2)21(16-19)39-27(36)42-30(9,10)13-3/h14-16,18,22-23H,11-13,17,31H2,1-10H3,(H,32,33)/t18?,22?,23-/m0/s1. The van der Waals surface area contributed by atoms with E-state index in [0.717, 1.165) is 0 Å². The Morgan fingerprint density at radius 1 is 0.762 bits per heavy atom. The van der Waals surface area contributed by atoms with Crippen LogP contribution >= 0.6 is 0 Å². The zero-order valence-electron chi connectivity index (χ0n) is 26.4. The molecule has 42 heavy (non-hydrogen) atoms. The normalized spacial score (nSPS) is 14.2. The van der Waals surface area contributed by atoms with Gasteiger partial charge in [-0.1, -0.05) is 33.8 Å². The van der Waals surface area contributed by atoms with Crippen LogP contribution < -0.4 is 15.2 Å². The second kappa shape index (κ2) is 15.1. The molecule has 0 fully saturated rings. The summed E-state index contributed by atoms with van der Waals surface area (Å²) in [6.07, 6.45) is -1.43. The van der Waals surface area contributed by atoms with Crippen molar-refractivity contribution < 1.29 is 52.7 Å². The van der Waals surface area contributed by atoms with Gasteiger partial charge in [-0.25, -0.2) is 14.4 Å². The molecular weight excluding hydrogens is 550 g/mol. The summed E-state index contributed by atoms with van der Waals surface area (Å²) in [5, 5.41) is 9.75. The average molecular weight is 598 g/mol. The molecule has 12 heteroatoms. The number of hydrogen-bond acceptors (Lipinski definition) is 11. The molecule has 0 saturated carbocycles. The van der Waals surface area contributed by atoms with E-state index in [1.54, 1.807) is 48.5 Å². The Balaban J connectivity index is 3.43. The summed E-state index contributed by atoms with van der Waals surface area (Å²) in [6.45, 7) is 17.2. The van der Waals surface area contributed by atoms with Crippen LogP contribution in [0, 0.1) is 5.92 Å². The Morgan fingerprint density at radius 3 is 1.62 bits per heavy atom. The molecule has 0 heterocycles. The van der Waals surface area contributed by atoms with E-state index in [0.29, 0.717) is 24.8 Å². The smallest absolute Gasteiger partial charge is 0.480 e. The number of carbonyl (C=O) groups excluding carboxylic acids is 3. The molecule has 1 aromatic rings. The minimum absolute atomic E-state index is 0.168. The van der Waals surface area contributed by atoms with Crippen molar-refractivity contribution >= 4 is 24.4 Å². The van der Waals surface area contributed by atoms with Crippen LogP contribution in [0.4, 0.5) is 14.4 Å². The summed E-state index contributed by atoms with van der Waals surface area (Å²) in [4.78, 5) is 49.4. The van der Waals surface area contributed by atoms with E-state index < -0.39 is 59.1 Å². The number of ether oxygens (including phenoxy) is 6. The minimum atomic E-state index is -1.44. The first-order valence-corrected chi connectivity index (χ1v) is 14.1. The van der Waals surface area contributed by atoms with Crippen LogP contribution in [-0.4, -0.2) is 59.0 Å². The lowest BCUT2D eigenvalue weighted by Gasteiger charge is -2.29. The average Bonchev–Trinajstić information content (AvgIpc) is 2.88. The van der Waals surface area contributed by atoms with Gasteiger partial charge in [0.2, 0.25) is 0 Å². The first-order chi connectivity index (χ1) is 19.3. The maximum Gasteiger partial charge on any atom is 0.514 e. The van der Waals surface area contributed by atoms with Crippen LogP contribution in [0.5, 0.6) is 11.5 Å². The quantitative estimate of drug-likeness (QED) is 0.134. The third-order valence-electron chi connectivity index (χ3n) is 7.12. The van der Waals surface area contributed by atoms with Crippen LogP contribution in [-0.2, 0) is 23.7 Å². The Kier molecular flexibility index (Phi) is 13.1. The highest BCUT2D eigenvalue weighted by molar-refractivity contribution is 5.75. The number of aliphatic carboxylic acids is 1. The molecule has 0 radical (unpaired) electrons. The fourth-order valence-electron chi connectivity index (χ4n) is 3.39. The molecule has 0 bridgehead atoms. The molecule has 0 aliphatic rings. The van der Waals surface area contributed by atoms with Gasteiger partial charge in [-0.15, -0.1) is 0 Å². The van der Waals surface area contributed by atoms with Gasteiger partial charge in [-0.2, -0.15) is 0 Å². The first-order valence-electron chi connectivity index (χ1n) is 14.1. The molecule has 0 spiro atoms. The first kappa shape index (κ1) is 36.5. The minimum Gasteiger partial charge on any atom is -0.480 e. The number of rotatable bonds is 14. The van der Waals surface area contributed by atoms with Crippen molar-refractivity contribution in [1.82, 2.24) is 0 Å². The highest BCUT2D eigenvalue weighted by atomic mass is 16.8. The Hall–Kier alpha value is -3.54. The van der Waals surface area contributed by atoms with E-state index in [9.17, 15) is 24.3 Å². The van der Waals surface area contributed by atoms with Gasteiger partial charge in [0, 0.05) is 5.92 Å². The van der Waals surface area contributed by atoms with Gasteiger partial charge in [-0.05, 0) is 84.4 Å². The summed E-state index contributed by atoms with van der Waals surface area (Å²) in [6, 6.07) is 2.70. The molecule has 1 rings (SSSR count). The molecule has 12 nitrogen and oxygen atoms in total. The van der Waals surface area contributed by atoms with Crippen molar-refractivity contribution in [3.8, 4) is 11.5 Å². The molecule has 0 aliphatic carbocycles. The number of carboxylic acids is 1. The lowest BCUT2D eigenvalue weighted by molar-refractivity contribution is -0.139. The van der Waals surface area contributed by atoms with Gasteiger partial charge in [-0.3, -0.25) is 4.79 Å². The van der Waals surface area contributed by atoms with Gasteiger partial charge < -0.3 is 39.3 Å². The van der Waals surface area contributed by atoms with Crippen LogP contribution in [0.15, 0.2) is 18.2 Å². The Bertz CT molecular complexity index is 1100. The molecule has 3 atom stereocenters. The van der Waals surface area contributed by atoms with Crippen molar-refractivity contribution in [2.24, 2.45) is 11.7 Å². The van der Waals surface area contributed by atoms with Crippen molar-refractivity contribution in [3.63, 3.8) is 0 Å². The molecular formula is C30H47NO11. The molecule has 1 aromatic carbocycles. The van der Waals surface area contributed by atoms with E-state index >= 15 is 0 Å². The summed E-state index contributed by atoms with van der Waals surface area (Å²) >= 11 is 0. The topological polar surface area (TPSA) is 170 Å². The molecule has 3 N–H and O–H groups in total. The molecule has 2 unspecified atom stereocenters. The van der Waals surface area contributed by atoms with Crippen molar-refractivity contribution in [2.75, 3.05) is 6.61 Å². The maximum atomic E-state index is 12.7. The van der Waals surface area contributed by atoms with E-state index in [4.69, 9.17) is 34.2 Å². The number of nitrogens with two attached hydrogens (primary N) is 1. The van der Waals surface area contributed by atoms with Crippen molar-refractivity contribution in [1.29, 1.82) is 0 Å². The lowest BCUT2D eigenvalue weighted by atomic mass is 9.82. The van der Waals surface area contributed by atoms with E-state index in [1.807, 2.05) is 20.8 Å². The van der Waals surface area contributed by atoms with Crippen LogP contribution in [0.3, 0.4) is 0 Å². The zero-order valence-corrected chi connectivity index (χ0v) is 26.4. The fraction of sp³-hybridized carbons (Fsp3) is 0.667. The van der Waals surface area contributed by atoms with Crippen LogP contribution in [0.25, 0.3) is 0 Å². The van der Waals surface area contributed by atoms with Gasteiger partial charge in [0.05, 0.1) is 6.61 Å². The van der Waals surface area contributed by atoms with Crippen molar-refractivity contribution in [3.05, 3.63) is 23.8 Å². The Labute approximate surface area is 248 Å². The molecule has 0 amide bonds. The summed E-state index contributed by atoms with van der Waals surface area (Å²) < 4.78 is 32.1. The SMILES string of the molecule is CCC(C)(C)OC(=O)OCC(C)C(c1ccc(OC(=O)OC(C)(C)CC)c(OC(=O)OC(C)(C)CC)c1)[C@H](N)C(=O)O. The highest BCUT2D eigenvalue weighted by Crippen LogP contribution is 2.36. The van der Waals surface area contributed by atoms with Gasteiger partial charge in [0.15, 0.2) is 11.5 Å². The number of carboxylic acid groups (broad SMARTS) is 1. The van der Waals surface area contributed by atoms with Crippen LogP contribution in [0.2, 0.25) is 0 Å².